The van der Waals surface area contributed by atoms with Crippen LogP contribution in [0.25, 0.3) is 11.5 Å². The Balaban J connectivity index is 1.63. The van der Waals surface area contributed by atoms with E-state index in [4.69, 9.17) is 20.5 Å². The number of hydrogen-bond acceptors (Lipinski definition) is 7. The minimum atomic E-state index is -0.114. The number of rotatable bonds is 6. The summed E-state index contributed by atoms with van der Waals surface area (Å²) in [5.41, 5.74) is 0.824. The molecule has 3 rings (SSSR count). The van der Waals surface area contributed by atoms with Gasteiger partial charge < -0.3 is 8.94 Å². The van der Waals surface area contributed by atoms with E-state index in [1.165, 1.54) is 0 Å². The lowest BCUT2D eigenvalue weighted by Gasteiger charge is -2.06. The second-order valence-corrected chi connectivity index (χ2v) is 5.45. The zero-order valence-corrected chi connectivity index (χ0v) is 13.5. The van der Waals surface area contributed by atoms with Crippen LogP contribution in [0.4, 0.5) is 0 Å². The second kappa shape index (κ2) is 6.89. The van der Waals surface area contributed by atoms with Crippen LogP contribution in [0, 0.1) is 0 Å². The van der Waals surface area contributed by atoms with E-state index in [0.717, 1.165) is 12.0 Å². The molecule has 0 aliphatic heterocycles. The molecule has 0 bridgehead atoms. The highest BCUT2D eigenvalue weighted by molar-refractivity contribution is 6.30. The molecule has 120 valence electrons. The molecule has 23 heavy (non-hydrogen) atoms. The lowest BCUT2D eigenvalue weighted by molar-refractivity contribution is 0.394. The normalized spacial score (nSPS) is 12.5. The number of halogens is 1. The molecule has 1 N–H and O–H groups in total. The number of benzene rings is 1. The summed E-state index contributed by atoms with van der Waals surface area (Å²) in [6.45, 7) is 4.34. The summed E-state index contributed by atoms with van der Waals surface area (Å²) in [6.07, 6.45) is 0.720. The molecule has 1 unspecified atom stereocenters. The molecule has 0 aliphatic carbocycles. The lowest BCUT2D eigenvalue weighted by atomic mass is 10.2. The molecule has 0 saturated carbocycles. The van der Waals surface area contributed by atoms with Gasteiger partial charge in [-0.1, -0.05) is 23.7 Å². The van der Waals surface area contributed by atoms with Crippen molar-refractivity contribution in [2.24, 2.45) is 0 Å². The maximum Gasteiger partial charge on any atom is 0.257 e. The van der Waals surface area contributed by atoms with Crippen LogP contribution in [-0.2, 0) is 13.0 Å². The van der Waals surface area contributed by atoms with Crippen LogP contribution in [0.2, 0.25) is 5.02 Å². The highest BCUT2D eigenvalue weighted by Crippen LogP contribution is 2.21. The topological polar surface area (TPSA) is 89.9 Å². The van der Waals surface area contributed by atoms with E-state index >= 15 is 0 Å². The molecule has 2 heterocycles. The maximum atomic E-state index is 5.87. The Kier molecular flexibility index (Phi) is 4.68. The largest absolute Gasteiger partial charge is 0.424 e. The Labute approximate surface area is 138 Å². The summed E-state index contributed by atoms with van der Waals surface area (Å²) in [5, 5.41) is 15.8. The molecule has 2 aromatic heterocycles. The summed E-state index contributed by atoms with van der Waals surface area (Å²) >= 11 is 5.87. The van der Waals surface area contributed by atoms with Gasteiger partial charge in [-0.3, -0.25) is 5.32 Å². The van der Waals surface area contributed by atoms with Crippen LogP contribution in [0.1, 0.15) is 37.5 Å². The number of aryl methyl sites for hydroxylation is 1. The smallest absolute Gasteiger partial charge is 0.257 e. The van der Waals surface area contributed by atoms with Gasteiger partial charge in [0.15, 0.2) is 5.82 Å². The molecule has 1 atom stereocenters. The van der Waals surface area contributed by atoms with Crippen molar-refractivity contribution in [3.8, 4) is 11.5 Å². The van der Waals surface area contributed by atoms with Gasteiger partial charge in [0, 0.05) is 17.0 Å². The van der Waals surface area contributed by atoms with Gasteiger partial charge in [-0.25, -0.2) is 0 Å². The van der Waals surface area contributed by atoms with Crippen molar-refractivity contribution in [1.29, 1.82) is 0 Å². The molecule has 0 saturated heterocycles. The van der Waals surface area contributed by atoms with Crippen LogP contribution in [0.3, 0.4) is 0 Å². The minimum Gasteiger partial charge on any atom is -0.424 e. The predicted molar refractivity (Wildman–Crippen MR) is 83.7 cm³/mol. The second-order valence-electron chi connectivity index (χ2n) is 5.01. The van der Waals surface area contributed by atoms with Gasteiger partial charge in [0.2, 0.25) is 11.8 Å². The molecule has 0 amide bonds. The monoisotopic (exact) mass is 333 g/mol. The lowest BCUT2D eigenvalue weighted by Crippen LogP contribution is -2.19. The Morgan fingerprint density at radius 3 is 2.61 bits per heavy atom. The van der Waals surface area contributed by atoms with Crippen molar-refractivity contribution in [3.05, 3.63) is 46.9 Å². The summed E-state index contributed by atoms with van der Waals surface area (Å²) in [7, 11) is 0. The zero-order valence-electron chi connectivity index (χ0n) is 12.8. The fourth-order valence-electron chi connectivity index (χ4n) is 1.95. The van der Waals surface area contributed by atoms with Gasteiger partial charge in [-0.2, -0.15) is 4.98 Å². The van der Waals surface area contributed by atoms with E-state index in [9.17, 15) is 0 Å². The highest BCUT2D eigenvalue weighted by Gasteiger charge is 2.15. The van der Waals surface area contributed by atoms with Crippen LogP contribution in [-0.4, -0.2) is 20.3 Å². The quantitative estimate of drug-likeness (QED) is 0.740. The molecule has 0 spiro atoms. The Morgan fingerprint density at radius 2 is 1.91 bits per heavy atom. The molecule has 7 nitrogen and oxygen atoms in total. The zero-order chi connectivity index (χ0) is 16.2. The third-order valence-corrected chi connectivity index (χ3v) is 3.54. The van der Waals surface area contributed by atoms with Crippen LogP contribution < -0.4 is 5.32 Å². The number of nitrogens with one attached hydrogen (secondary N) is 1. The Morgan fingerprint density at radius 1 is 1.17 bits per heavy atom. The summed E-state index contributed by atoms with van der Waals surface area (Å²) in [6, 6.07) is 7.12. The van der Waals surface area contributed by atoms with Crippen molar-refractivity contribution in [2.45, 2.75) is 32.9 Å². The molecule has 8 heteroatoms. The van der Waals surface area contributed by atoms with Crippen molar-refractivity contribution in [3.63, 3.8) is 0 Å². The van der Waals surface area contributed by atoms with Crippen molar-refractivity contribution < 1.29 is 8.94 Å². The van der Waals surface area contributed by atoms with E-state index in [0.29, 0.717) is 35.1 Å². The molecule has 0 aliphatic rings. The van der Waals surface area contributed by atoms with E-state index in [1.54, 1.807) is 12.1 Å². The van der Waals surface area contributed by atoms with E-state index in [2.05, 4.69) is 25.7 Å². The SMILES string of the molecule is CCc1nnc(CNC(C)c2noc(-c3ccc(Cl)cc3)n2)o1. The number of nitrogens with zero attached hydrogens (tertiary/aromatic N) is 4. The van der Waals surface area contributed by atoms with Crippen molar-refractivity contribution in [1.82, 2.24) is 25.7 Å². The summed E-state index contributed by atoms with van der Waals surface area (Å²) in [4.78, 5) is 4.39. The third-order valence-electron chi connectivity index (χ3n) is 3.29. The molecule has 3 aromatic rings. The van der Waals surface area contributed by atoms with Gasteiger partial charge in [0.1, 0.15) is 0 Å². The summed E-state index contributed by atoms with van der Waals surface area (Å²) < 4.78 is 10.7. The van der Waals surface area contributed by atoms with Crippen LogP contribution in [0.5, 0.6) is 0 Å². The van der Waals surface area contributed by atoms with Gasteiger partial charge in [0.25, 0.3) is 5.89 Å². The Bertz CT molecular complexity index is 768. The van der Waals surface area contributed by atoms with Crippen LogP contribution >= 0.6 is 11.6 Å². The van der Waals surface area contributed by atoms with Crippen LogP contribution in [0.15, 0.2) is 33.2 Å². The fraction of sp³-hybridized carbons (Fsp3) is 0.333. The highest BCUT2D eigenvalue weighted by atomic mass is 35.5. The van der Waals surface area contributed by atoms with E-state index in [-0.39, 0.29) is 6.04 Å². The first kappa shape index (κ1) is 15.6. The molecule has 0 fully saturated rings. The number of aromatic nitrogens is 4. The average Bonchev–Trinajstić information content (AvgIpc) is 3.22. The third kappa shape index (κ3) is 3.75. The molecule has 1 aromatic carbocycles. The first-order valence-corrected chi connectivity index (χ1v) is 7.67. The number of hydrogen-bond donors (Lipinski definition) is 1. The Hall–Kier alpha value is -2.25. The van der Waals surface area contributed by atoms with E-state index < -0.39 is 0 Å². The maximum absolute atomic E-state index is 5.87. The fourth-order valence-corrected chi connectivity index (χ4v) is 2.08. The summed E-state index contributed by atoms with van der Waals surface area (Å²) in [5.74, 6) is 2.18. The van der Waals surface area contributed by atoms with Crippen molar-refractivity contribution in [2.75, 3.05) is 0 Å². The van der Waals surface area contributed by atoms with E-state index in [1.807, 2.05) is 26.0 Å². The minimum absolute atomic E-state index is 0.114. The van der Waals surface area contributed by atoms with Gasteiger partial charge in [-0.15, -0.1) is 10.2 Å². The average molecular weight is 334 g/mol. The first-order chi connectivity index (χ1) is 11.2. The van der Waals surface area contributed by atoms with Gasteiger partial charge in [-0.05, 0) is 31.2 Å². The predicted octanol–water partition coefficient (Wildman–Crippen LogP) is 3.19. The standard InChI is InChI=1S/C15H16ClN5O2/c1-3-12-19-20-13(22-12)8-17-9(2)14-18-15(23-21-14)10-4-6-11(16)7-5-10/h4-7,9,17H,3,8H2,1-2H3. The van der Waals surface area contributed by atoms with Gasteiger partial charge in [0.05, 0.1) is 12.6 Å². The molecule has 0 radical (unpaired) electrons. The first-order valence-electron chi connectivity index (χ1n) is 7.30. The molecular weight excluding hydrogens is 318 g/mol. The van der Waals surface area contributed by atoms with Crippen molar-refractivity contribution >= 4 is 11.6 Å². The van der Waals surface area contributed by atoms with Gasteiger partial charge >= 0.3 is 0 Å². The molecular formula is C15H16ClN5O2.